The van der Waals surface area contributed by atoms with E-state index in [9.17, 15) is 4.39 Å². The predicted molar refractivity (Wildman–Crippen MR) is 94.7 cm³/mol. The van der Waals surface area contributed by atoms with E-state index in [1.807, 2.05) is 30.5 Å². The number of ether oxygens (including phenoxy) is 1. The number of hydrogen-bond acceptors (Lipinski definition) is 6. The van der Waals surface area contributed by atoms with Gasteiger partial charge < -0.3 is 10.1 Å². The molecule has 0 unspecified atom stereocenters. The predicted octanol–water partition coefficient (Wildman–Crippen LogP) is 2.49. The third-order valence-electron chi connectivity index (χ3n) is 4.48. The molecular formula is C18H15FN6O. The van der Waals surface area contributed by atoms with Gasteiger partial charge in [-0.3, -0.25) is 9.97 Å². The van der Waals surface area contributed by atoms with Crippen LogP contribution in [-0.2, 0) is 4.74 Å². The number of fused-ring (bicyclic) bond motifs is 2. The molecule has 0 aliphatic carbocycles. The molecule has 3 aromatic heterocycles. The summed E-state index contributed by atoms with van der Waals surface area (Å²) in [6, 6.07) is 7.91. The lowest BCUT2D eigenvalue weighted by Gasteiger charge is -2.33. The first kappa shape index (κ1) is 15.2. The number of hydrogen-bond donors (Lipinski definition) is 1. The first-order valence-electron chi connectivity index (χ1n) is 8.26. The lowest BCUT2D eigenvalue weighted by Crippen LogP contribution is -2.50. The van der Waals surface area contributed by atoms with Crippen LogP contribution in [0.2, 0.25) is 0 Å². The van der Waals surface area contributed by atoms with Crippen molar-refractivity contribution >= 4 is 22.5 Å². The summed E-state index contributed by atoms with van der Waals surface area (Å²) in [6.45, 7) is 0.359. The molecule has 7 nitrogen and oxygen atoms in total. The molecule has 1 fully saturated rings. The van der Waals surface area contributed by atoms with E-state index in [4.69, 9.17) is 4.74 Å². The van der Waals surface area contributed by atoms with Crippen molar-refractivity contribution in [2.75, 3.05) is 25.1 Å². The summed E-state index contributed by atoms with van der Waals surface area (Å²) in [5, 5.41) is 7.34. The van der Waals surface area contributed by atoms with Gasteiger partial charge in [-0.05, 0) is 23.8 Å². The second kappa shape index (κ2) is 5.70. The molecule has 1 N–H and O–H groups in total. The Morgan fingerprint density at radius 3 is 2.77 bits per heavy atom. The minimum absolute atomic E-state index is 0.112. The monoisotopic (exact) mass is 350 g/mol. The standard InChI is InChI=1S/C18H15FN6O/c19-18(10-26-11-18)9-23-17-22-8-16-13(3-6-25(16)24-17)12-1-2-14-15(7-12)21-5-4-20-14/h1-8H,9-11H2,(H,23,24). The fourth-order valence-corrected chi connectivity index (χ4v) is 3.02. The molecule has 0 amide bonds. The molecule has 5 rings (SSSR count). The number of rotatable bonds is 4. The van der Waals surface area contributed by atoms with Gasteiger partial charge in [0.05, 0.1) is 42.5 Å². The van der Waals surface area contributed by atoms with Crippen molar-refractivity contribution in [1.29, 1.82) is 0 Å². The minimum Gasteiger partial charge on any atom is -0.374 e. The second-order valence-corrected chi connectivity index (χ2v) is 6.40. The molecule has 4 heterocycles. The molecule has 1 aromatic carbocycles. The van der Waals surface area contributed by atoms with Crippen LogP contribution in [0.1, 0.15) is 0 Å². The summed E-state index contributed by atoms with van der Waals surface area (Å²) < 4.78 is 20.6. The molecule has 0 spiro atoms. The molecule has 4 aromatic rings. The molecule has 1 aliphatic heterocycles. The molecule has 0 atom stereocenters. The Labute approximate surface area is 147 Å². The highest BCUT2D eigenvalue weighted by atomic mass is 19.1. The average Bonchev–Trinajstić information content (AvgIpc) is 3.07. The third kappa shape index (κ3) is 2.55. The summed E-state index contributed by atoms with van der Waals surface area (Å²) in [5.41, 5.74) is 3.23. The van der Waals surface area contributed by atoms with E-state index in [0.717, 1.165) is 27.7 Å². The summed E-state index contributed by atoms with van der Waals surface area (Å²) in [7, 11) is 0. The van der Waals surface area contributed by atoms with Gasteiger partial charge in [-0.15, -0.1) is 5.10 Å². The fourth-order valence-electron chi connectivity index (χ4n) is 3.02. The highest BCUT2D eigenvalue weighted by Gasteiger charge is 2.38. The van der Waals surface area contributed by atoms with Crippen molar-refractivity contribution in [3.05, 3.63) is 49.1 Å². The van der Waals surface area contributed by atoms with Gasteiger partial charge in [0.15, 0.2) is 5.67 Å². The van der Waals surface area contributed by atoms with Gasteiger partial charge in [0.25, 0.3) is 0 Å². The van der Waals surface area contributed by atoms with Crippen molar-refractivity contribution in [2.24, 2.45) is 0 Å². The van der Waals surface area contributed by atoms with Crippen molar-refractivity contribution in [2.45, 2.75) is 5.67 Å². The maximum Gasteiger partial charge on any atom is 0.241 e. The molecule has 1 saturated heterocycles. The average molecular weight is 350 g/mol. The Kier molecular flexibility index (Phi) is 3.32. The smallest absolute Gasteiger partial charge is 0.241 e. The summed E-state index contributed by atoms with van der Waals surface area (Å²) >= 11 is 0. The van der Waals surface area contributed by atoms with Gasteiger partial charge in [-0.25, -0.2) is 13.9 Å². The van der Waals surface area contributed by atoms with E-state index in [2.05, 4.69) is 25.4 Å². The number of alkyl halides is 1. The van der Waals surface area contributed by atoms with Crippen molar-refractivity contribution in [3.63, 3.8) is 0 Å². The van der Waals surface area contributed by atoms with Crippen LogP contribution < -0.4 is 5.32 Å². The largest absolute Gasteiger partial charge is 0.374 e. The molecule has 26 heavy (non-hydrogen) atoms. The van der Waals surface area contributed by atoms with Crippen LogP contribution >= 0.6 is 0 Å². The van der Waals surface area contributed by atoms with Crippen LogP contribution in [0.15, 0.2) is 49.1 Å². The fraction of sp³-hybridized carbons (Fsp3) is 0.222. The molecular weight excluding hydrogens is 335 g/mol. The Balaban J connectivity index is 1.46. The zero-order valence-corrected chi connectivity index (χ0v) is 13.8. The summed E-state index contributed by atoms with van der Waals surface area (Å²) in [4.78, 5) is 13.0. The van der Waals surface area contributed by atoms with Crippen LogP contribution in [0.25, 0.3) is 27.7 Å². The number of nitrogens with one attached hydrogen (secondary N) is 1. The Hall–Kier alpha value is -3.13. The molecule has 1 aliphatic rings. The van der Waals surface area contributed by atoms with Gasteiger partial charge in [0, 0.05) is 24.2 Å². The SMILES string of the molecule is FC1(CNc2ncc3c(-c4ccc5nccnc5c4)ccn3n2)COC1. The second-order valence-electron chi connectivity index (χ2n) is 6.40. The van der Waals surface area contributed by atoms with Crippen LogP contribution in [0.4, 0.5) is 10.3 Å². The van der Waals surface area contributed by atoms with Crippen LogP contribution in [0.3, 0.4) is 0 Å². The highest BCUT2D eigenvalue weighted by molar-refractivity contribution is 5.86. The zero-order valence-electron chi connectivity index (χ0n) is 13.8. The van der Waals surface area contributed by atoms with Gasteiger partial charge in [-0.1, -0.05) is 6.07 Å². The molecule has 8 heteroatoms. The summed E-state index contributed by atoms with van der Waals surface area (Å²) in [6.07, 6.45) is 6.94. The maximum absolute atomic E-state index is 14.0. The van der Waals surface area contributed by atoms with Crippen molar-refractivity contribution in [3.8, 4) is 11.1 Å². The van der Waals surface area contributed by atoms with E-state index in [1.54, 1.807) is 23.1 Å². The molecule has 130 valence electrons. The normalized spacial score (nSPS) is 15.9. The molecule has 0 radical (unpaired) electrons. The van der Waals surface area contributed by atoms with Crippen LogP contribution in [0.5, 0.6) is 0 Å². The topological polar surface area (TPSA) is 77.2 Å². The molecule has 0 saturated carbocycles. The number of nitrogens with zero attached hydrogens (tertiary/aromatic N) is 5. The van der Waals surface area contributed by atoms with E-state index in [-0.39, 0.29) is 19.8 Å². The number of benzene rings is 1. The quantitative estimate of drug-likeness (QED) is 0.609. The Bertz CT molecular complexity index is 1110. The van der Waals surface area contributed by atoms with Crippen molar-refractivity contribution < 1.29 is 9.13 Å². The molecule has 0 bridgehead atoms. The van der Waals surface area contributed by atoms with Crippen molar-refractivity contribution in [1.82, 2.24) is 24.6 Å². The highest BCUT2D eigenvalue weighted by Crippen LogP contribution is 2.27. The first-order valence-corrected chi connectivity index (χ1v) is 8.26. The number of anilines is 1. The number of halogens is 1. The summed E-state index contributed by atoms with van der Waals surface area (Å²) in [5.74, 6) is 0.382. The van der Waals surface area contributed by atoms with Gasteiger partial charge in [0.1, 0.15) is 0 Å². The number of aromatic nitrogens is 5. The van der Waals surface area contributed by atoms with Crippen LogP contribution in [-0.4, -0.2) is 50.0 Å². The van der Waals surface area contributed by atoms with E-state index in [0.29, 0.717) is 5.95 Å². The van der Waals surface area contributed by atoms with E-state index < -0.39 is 5.67 Å². The lowest BCUT2D eigenvalue weighted by atomic mass is 10.1. The Morgan fingerprint density at radius 2 is 1.96 bits per heavy atom. The van der Waals surface area contributed by atoms with Gasteiger partial charge in [0.2, 0.25) is 5.95 Å². The van der Waals surface area contributed by atoms with E-state index >= 15 is 0 Å². The lowest BCUT2D eigenvalue weighted by molar-refractivity contribution is -0.121. The van der Waals surface area contributed by atoms with E-state index in [1.165, 1.54) is 0 Å². The minimum atomic E-state index is -1.33. The third-order valence-corrected chi connectivity index (χ3v) is 4.48. The van der Waals surface area contributed by atoms with Gasteiger partial charge in [-0.2, -0.15) is 0 Å². The maximum atomic E-state index is 14.0. The first-order chi connectivity index (χ1) is 12.7. The van der Waals surface area contributed by atoms with Crippen LogP contribution in [0, 0.1) is 0 Å². The van der Waals surface area contributed by atoms with Gasteiger partial charge >= 0.3 is 0 Å². The zero-order chi connectivity index (χ0) is 17.6. The Morgan fingerprint density at radius 1 is 1.12 bits per heavy atom.